The molecular weight excluding hydrogens is 472 g/mol. The molecule has 2 N–H and O–H groups in total. The number of rotatable bonds is 9. The van der Waals surface area contributed by atoms with Gasteiger partial charge in [0.05, 0.1) is 16.3 Å². The topological polar surface area (TPSA) is 92.3 Å². The van der Waals surface area contributed by atoms with E-state index in [0.717, 1.165) is 28.5 Å². The lowest BCUT2D eigenvalue weighted by atomic mass is 10.0. The fraction of sp³-hybridized carbons (Fsp3) is 0.231. The molecule has 3 aromatic carbocycles. The van der Waals surface area contributed by atoms with Gasteiger partial charge in [0.25, 0.3) is 5.91 Å². The zero-order valence-corrected chi connectivity index (χ0v) is 20.6. The molecule has 0 aliphatic carbocycles. The van der Waals surface area contributed by atoms with Crippen LogP contribution >= 0.6 is 11.6 Å². The number of halogens is 1. The Morgan fingerprint density at radius 1 is 0.941 bits per heavy atom. The number of hydrogen-bond acceptors (Lipinski definition) is 4. The van der Waals surface area contributed by atoms with Gasteiger partial charge in [0, 0.05) is 12.8 Å². The average molecular weight is 499 g/mol. The van der Waals surface area contributed by atoms with E-state index in [4.69, 9.17) is 11.6 Å². The first-order chi connectivity index (χ1) is 16.1. The fourth-order valence-electron chi connectivity index (χ4n) is 3.48. The minimum absolute atomic E-state index is 0.0514. The van der Waals surface area contributed by atoms with Gasteiger partial charge in [-0.05, 0) is 48.2 Å². The van der Waals surface area contributed by atoms with Crippen LogP contribution in [-0.4, -0.2) is 38.3 Å². The molecule has 0 saturated carbocycles. The normalized spacial score (nSPS) is 12.1. The van der Waals surface area contributed by atoms with Gasteiger partial charge in [-0.3, -0.25) is 9.59 Å². The van der Waals surface area contributed by atoms with Crippen molar-refractivity contribution in [2.24, 2.45) is 0 Å². The van der Waals surface area contributed by atoms with Gasteiger partial charge in [-0.2, -0.15) is 0 Å². The molecule has 3 rings (SSSR count). The summed E-state index contributed by atoms with van der Waals surface area (Å²) in [5, 5.41) is 5.69. The average Bonchev–Trinajstić information content (AvgIpc) is 2.80. The molecule has 0 saturated heterocycles. The van der Waals surface area contributed by atoms with Crippen molar-refractivity contribution in [1.82, 2.24) is 10.6 Å². The summed E-state index contributed by atoms with van der Waals surface area (Å²) in [4.78, 5) is 25.6. The highest BCUT2D eigenvalue weighted by atomic mass is 35.5. The minimum Gasteiger partial charge on any atom is -0.350 e. The maximum Gasteiger partial charge on any atom is 0.253 e. The molecule has 0 aliphatic rings. The van der Waals surface area contributed by atoms with Gasteiger partial charge in [-0.25, -0.2) is 8.42 Å². The van der Waals surface area contributed by atoms with Crippen molar-refractivity contribution in [2.75, 3.05) is 12.0 Å². The summed E-state index contributed by atoms with van der Waals surface area (Å²) in [5.74, 6) is -1.25. The minimum atomic E-state index is -3.33. The van der Waals surface area contributed by atoms with E-state index < -0.39 is 27.7 Å². The second kappa shape index (κ2) is 11.3. The van der Waals surface area contributed by atoms with Crippen LogP contribution in [0.2, 0.25) is 5.02 Å². The van der Waals surface area contributed by atoms with E-state index in [-0.39, 0.29) is 29.3 Å². The Labute approximate surface area is 205 Å². The van der Waals surface area contributed by atoms with Gasteiger partial charge in [-0.15, -0.1) is 0 Å². The summed E-state index contributed by atoms with van der Waals surface area (Å²) in [6.45, 7) is 2.26. The van der Waals surface area contributed by atoms with Crippen molar-refractivity contribution in [3.8, 4) is 11.1 Å². The van der Waals surface area contributed by atoms with E-state index >= 15 is 0 Å². The SMILES string of the molecule is Cc1cccc(-c2cccc(CNC(=O)C(CCS(C)(=O)=O)NC(=O)c3ccccc3Cl)c2)c1. The Bertz CT molecular complexity index is 1290. The quantitative estimate of drug-likeness (QED) is 0.463. The molecule has 8 heteroatoms. The Kier molecular flexibility index (Phi) is 8.47. The van der Waals surface area contributed by atoms with Crippen LogP contribution in [0.5, 0.6) is 0 Å². The summed E-state index contributed by atoms with van der Waals surface area (Å²) in [7, 11) is -3.33. The molecule has 0 heterocycles. The van der Waals surface area contributed by atoms with Gasteiger partial charge in [0.15, 0.2) is 0 Å². The first kappa shape index (κ1) is 25.5. The van der Waals surface area contributed by atoms with Crippen molar-refractivity contribution in [2.45, 2.75) is 25.9 Å². The van der Waals surface area contributed by atoms with Crippen LogP contribution in [0.4, 0.5) is 0 Å². The lowest BCUT2D eigenvalue weighted by Crippen LogP contribution is -2.47. The molecule has 1 unspecified atom stereocenters. The van der Waals surface area contributed by atoms with Gasteiger partial charge in [0.1, 0.15) is 15.9 Å². The van der Waals surface area contributed by atoms with Crippen LogP contribution in [0.1, 0.15) is 27.9 Å². The maximum absolute atomic E-state index is 12.9. The third-order valence-corrected chi connectivity index (χ3v) is 6.57. The number of sulfone groups is 1. The molecule has 0 spiro atoms. The Morgan fingerprint density at radius 2 is 1.62 bits per heavy atom. The molecule has 0 aliphatic heterocycles. The smallest absolute Gasteiger partial charge is 0.253 e. The molecule has 0 bridgehead atoms. The van der Waals surface area contributed by atoms with Crippen molar-refractivity contribution in [3.63, 3.8) is 0 Å². The number of aryl methyl sites for hydroxylation is 1. The zero-order valence-electron chi connectivity index (χ0n) is 19.0. The number of hydrogen-bond donors (Lipinski definition) is 2. The van der Waals surface area contributed by atoms with Crippen molar-refractivity contribution >= 4 is 33.3 Å². The largest absolute Gasteiger partial charge is 0.350 e. The van der Waals surface area contributed by atoms with Crippen LogP contribution in [-0.2, 0) is 21.2 Å². The van der Waals surface area contributed by atoms with E-state index in [2.05, 4.69) is 16.7 Å². The zero-order chi connectivity index (χ0) is 24.7. The monoisotopic (exact) mass is 498 g/mol. The molecule has 178 valence electrons. The number of amides is 2. The molecule has 0 aromatic heterocycles. The molecule has 6 nitrogen and oxygen atoms in total. The van der Waals surface area contributed by atoms with Crippen molar-refractivity contribution in [1.29, 1.82) is 0 Å². The Morgan fingerprint density at radius 3 is 2.29 bits per heavy atom. The van der Waals surface area contributed by atoms with E-state index in [1.807, 2.05) is 49.4 Å². The summed E-state index contributed by atoms with van der Waals surface area (Å²) in [6.07, 6.45) is 1.04. The van der Waals surface area contributed by atoms with Gasteiger partial charge >= 0.3 is 0 Å². The van der Waals surface area contributed by atoms with Crippen molar-refractivity contribution in [3.05, 3.63) is 94.5 Å². The summed E-state index contributed by atoms with van der Waals surface area (Å²) < 4.78 is 23.4. The molecule has 0 radical (unpaired) electrons. The predicted molar refractivity (Wildman–Crippen MR) is 135 cm³/mol. The standard InChI is InChI=1S/C26H27ClN2O4S/c1-18-7-5-9-20(15-18)21-10-6-8-19(16-21)17-28-26(31)24(13-14-34(2,32)33)29-25(30)22-11-3-4-12-23(22)27/h3-12,15-16,24H,13-14,17H2,1-2H3,(H,28,31)(H,29,30). The molecular formula is C26H27ClN2O4S. The summed E-state index contributed by atoms with van der Waals surface area (Å²) >= 11 is 6.09. The molecule has 1 atom stereocenters. The van der Waals surface area contributed by atoms with E-state index in [0.29, 0.717) is 0 Å². The van der Waals surface area contributed by atoms with Crippen LogP contribution in [0.3, 0.4) is 0 Å². The second-order valence-corrected chi connectivity index (χ2v) is 10.9. The van der Waals surface area contributed by atoms with Crippen molar-refractivity contribution < 1.29 is 18.0 Å². The fourth-order valence-corrected chi connectivity index (χ4v) is 4.37. The molecule has 3 aromatic rings. The Balaban J connectivity index is 1.72. The van der Waals surface area contributed by atoms with Gasteiger partial charge in [-0.1, -0.05) is 71.8 Å². The summed E-state index contributed by atoms with van der Waals surface area (Å²) in [5.41, 5.74) is 4.35. The highest BCUT2D eigenvalue weighted by Crippen LogP contribution is 2.21. The predicted octanol–water partition coefficient (Wildman–Crippen LogP) is 4.16. The van der Waals surface area contributed by atoms with Gasteiger partial charge in [0.2, 0.25) is 5.91 Å². The first-order valence-electron chi connectivity index (χ1n) is 10.8. The third-order valence-electron chi connectivity index (χ3n) is 5.26. The number of nitrogens with one attached hydrogen (secondary N) is 2. The molecule has 0 fully saturated rings. The first-order valence-corrected chi connectivity index (χ1v) is 13.2. The van der Waals surface area contributed by atoms with E-state index in [9.17, 15) is 18.0 Å². The third kappa shape index (κ3) is 7.43. The van der Waals surface area contributed by atoms with Crippen LogP contribution in [0.15, 0.2) is 72.8 Å². The lowest BCUT2D eigenvalue weighted by molar-refractivity contribution is -0.123. The highest BCUT2D eigenvalue weighted by Gasteiger charge is 2.23. The van der Waals surface area contributed by atoms with Crippen LogP contribution in [0.25, 0.3) is 11.1 Å². The number of carbonyl (C=O) groups is 2. The summed E-state index contributed by atoms with van der Waals surface area (Å²) in [6, 6.07) is 21.4. The van der Waals surface area contributed by atoms with Crippen LogP contribution < -0.4 is 10.6 Å². The molecule has 2 amide bonds. The second-order valence-electron chi connectivity index (χ2n) is 8.21. The number of benzene rings is 3. The van der Waals surface area contributed by atoms with Gasteiger partial charge < -0.3 is 10.6 Å². The Hall–Kier alpha value is -3.16. The lowest BCUT2D eigenvalue weighted by Gasteiger charge is -2.19. The van der Waals surface area contributed by atoms with E-state index in [1.54, 1.807) is 24.3 Å². The number of carbonyl (C=O) groups excluding carboxylic acids is 2. The molecule has 34 heavy (non-hydrogen) atoms. The maximum atomic E-state index is 12.9. The van der Waals surface area contributed by atoms with Crippen LogP contribution in [0, 0.1) is 6.92 Å². The highest BCUT2D eigenvalue weighted by molar-refractivity contribution is 7.90. The van der Waals surface area contributed by atoms with E-state index in [1.165, 1.54) is 0 Å².